The maximum atomic E-state index is 15.0. The molecule has 2 amide bonds. The number of halogens is 4. The van der Waals surface area contributed by atoms with Crippen molar-refractivity contribution >= 4 is 23.5 Å². The van der Waals surface area contributed by atoms with Crippen LogP contribution in [-0.4, -0.2) is 78.0 Å². The van der Waals surface area contributed by atoms with Crippen LogP contribution in [-0.2, 0) is 22.2 Å². The van der Waals surface area contributed by atoms with Crippen molar-refractivity contribution in [1.82, 2.24) is 14.8 Å². The van der Waals surface area contributed by atoms with E-state index in [2.05, 4.69) is 10.3 Å². The monoisotopic (exact) mass is 606 g/mol. The summed E-state index contributed by atoms with van der Waals surface area (Å²) >= 11 is 0. The molecule has 3 aromatic rings. The molecule has 0 spiro atoms. The molecule has 10 nitrogen and oxygen atoms in total. The lowest BCUT2D eigenvalue weighted by atomic mass is 10.0. The molecule has 3 N–H and O–H groups in total. The molecule has 0 unspecified atom stereocenters. The summed E-state index contributed by atoms with van der Waals surface area (Å²) < 4.78 is 61.5. The van der Waals surface area contributed by atoms with Crippen LogP contribution in [0.5, 0.6) is 5.75 Å². The first-order valence-electron chi connectivity index (χ1n) is 13.0. The highest BCUT2D eigenvalue weighted by molar-refractivity contribution is 5.99. The topological polar surface area (TPSA) is 132 Å². The molecule has 1 heterocycles. The minimum absolute atomic E-state index is 0.0665. The highest BCUT2D eigenvalue weighted by Crippen LogP contribution is 2.33. The van der Waals surface area contributed by atoms with Gasteiger partial charge in [-0.1, -0.05) is 12.1 Å². The molecule has 0 atom stereocenters. The van der Waals surface area contributed by atoms with Gasteiger partial charge in [0.1, 0.15) is 18.1 Å². The molecule has 0 saturated carbocycles. The number of ether oxygens (including phenoxy) is 1. The number of aromatic nitrogens is 1. The van der Waals surface area contributed by atoms with E-state index >= 15 is 4.39 Å². The van der Waals surface area contributed by atoms with Gasteiger partial charge in [0.25, 0.3) is 11.5 Å². The number of nitrogens with zero attached hydrogens (tertiary/aromatic N) is 2. The van der Waals surface area contributed by atoms with Gasteiger partial charge in [0.2, 0.25) is 5.91 Å². The van der Waals surface area contributed by atoms with Crippen molar-refractivity contribution in [3.8, 4) is 16.9 Å². The Bertz CT molecular complexity index is 1550. The zero-order valence-corrected chi connectivity index (χ0v) is 23.5. The number of likely N-dealkylation sites (N-methyl/N-ethyl adjacent to an activating group) is 1. The molecule has 2 aromatic carbocycles. The maximum absolute atomic E-state index is 15.0. The third kappa shape index (κ3) is 9.13. The standard InChI is InChI=1S/C29H30F4N4O6/c1-4-43-24-14-25(38)34-15-22(24)17-5-6-18(23(30)11-17)12-26(39)35-21-10-19(9-20(13-21)29(31,32)33)28(42)37(16-27(40)41)8-7-36(2)3/h5-6,9-11,13-15H,4,7-8,12,16H2,1-3H3,(H,34,38)(H,35,39)(H,40,41). The van der Waals surface area contributed by atoms with Gasteiger partial charge in [-0.15, -0.1) is 0 Å². The maximum Gasteiger partial charge on any atom is 0.416 e. The third-order valence-corrected chi connectivity index (χ3v) is 6.12. The van der Waals surface area contributed by atoms with Gasteiger partial charge < -0.3 is 29.9 Å². The first-order chi connectivity index (χ1) is 20.2. The molecule has 1 aromatic heterocycles. The van der Waals surface area contributed by atoms with Gasteiger partial charge in [-0.3, -0.25) is 19.2 Å². The van der Waals surface area contributed by atoms with Crippen molar-refractivity contribution in [3.05, 3.63) is 81.5 Å². The number of rotatable bonds is 12. The average molecular weight is 607 g/mol. The lowest BCUT2D eigenvalue weighted by Crippen LogP contribution is -2.40. The van der Waals surface area contributed by atoms with Gasteiger partial charge in [0.15, 0.2) is 0 Å². The lowest BCUT2D eigenvalue weighted by Gasteiger charge is -2.23. The number of amides is 2. The number of carbonyl (C=O) groups excluding carboxylic acids is 2. The van der Waals surface area contributed by atoms with E-state index in [1.54, 1.807) is 25.9 Å². The lowest BCUT2D eigenvalue weighted by molar-refractivity contribution is -0.138. The summed E-state index contributed by atoms with van der Waals surface area (Å²) in [5.74, 6) is -3.74. The van der Waals surface area contributed by atoms with Crippen LogP contribution >= 0.6 is 0 Å². The second-order valence-corrected chi connectivity index (χ2v) is 9.76. The number of aromatic amines is 1. The van der Waals surface area contributed by atoms with Gasteiger partial charge in [-0.25, -0.2) is 4.39 Å². The molecule has 0 radical (unpaired) electrons. The van der Waals surface area contributed by atoms with Crippen molar-refractivity contribution in [1.29, 1.82) is 0 Å². The van der Waals surface area contributed by atoms with E-state index in [1.165, 1.54) is 24.4 Å². The molecule has 3 rings (SSSR count). The Morgan fingerprint density at radius 1 is 1.05 bits per heavy atom. The number of hydrogen-bond donors (Lipinski definition) is 3. The van der Waals surface area contributed by atoms with Gasteiger partial charge in [0.05, 0.1) is 18.6 Å². The van der Waals surface area contributed by atoms with Crippen LogP contribution in [0.25, 0.3) is 11.1 Å². The van der Waals surface area contributed by atoms with Crippen LogP contribution in [0.1, 0.15) is 28.4 Å². The molecule has 0 bridgehead atoms. The molecular formula is C29H30F4N4O6. The molecule has 14 heteroatoms. The Hall–Kier alpha value is -4.72. The fourth-order valence-corrected chi connectivity index (χ4v) is 4.10. The molecule has 43 heavy (non-hydrogen) atoms. The van der Waals surface area contributed by atoms with Crippen molar-refractivity contribution in [2.75, 3.05) is 45.7 Å². The number of pyridine rings is 1. The second kappa shape index (κ2) is 14.0. The molecule has 0 saturated heterocycles. The van der Waals surface area contributed by atoms with E-state index in [0.717, 1.165) is 17.0 Å². The fraction of sp³-hybridized carbons (Fsp3) is 0.310. The molecule has 0 fully saturated rings. The summed E-state index contributed by atoms with van der Waals surface area (Å²) in [7, 11) is 3.36. The van der Waals surface area contributed by atoms with E-state index in [4.69, 9.17) is 4.74 Å². The number of benzene rings is 2. The number of anilines is 1. The van der Waals surface area contributed by atoms with Gasteiger partial charge in [-0.05, 0) is 56.4 Å². The normalized spacial score (nSPS) is 11.3. The van der Waals surface area contributed by atoms with E-state index < -0.39 is 59.4 Å². The van der Waals surface area contributed by atoms with Crippen LogP contribution in [0.15, 0.2) is 53.5 Å². The molecule has 0 aliphatic heterocycles. The largest absolute Gasteiger partial charge is 0.493 e. The first kappa shape index (κ1) is 32.8. The number of carboxylic acid groups (broad SMARTS) is 1. The Morgan fingerprint density at radius 3 is 2.37 bits per heavy atom. The third-order valence-electron chi connectivity index (χ3n) is 6.12. The molecule has 0 aliphatic carbocycles. The van der Waals surface area contributed by atoms with Crippen molar-refractivity contribution in [3.63, 3.8) is 0 Å². The smallest absolute Gasteiger partial charge is 0.416 e. The zero-order valence-electron chi connectivity index (χ0n) is 23.5. The number of nitrogens with one attached hydrogen (secondary N) is 2. The summed E-state index contributed by atoms with van der Waals surface area (Å²) in [5, 5.41) is 11.5. The highest BCUT2D eigenvalue weighted by atomic mass is 19.4. The summed E-state index contributed by atoms with van der Waals surface area (Å²) in [6, 6.07) is 7.37. The summed E-state index contributed by atoms with van der Waals surface area (Å²) in [6.45, 7) is 1.41. The SMILES string of the molecule is CCOc1cc(=O)[nH]cc1-c1ccc(CC(=O)Nc2cc(C(=O)N(CCN(C)C)CC(=O)O)cc(C(F)(F)F)c2)c(F)c1. The van der Waals surface area contributed by atoms with E-state index in [-0.39, 0.29) is 36.7 Å². The number of H-pyrrole nitrogens is 1. The van der Waals surface area contributed by atoms with Crippen LogP contribution in [0, 0.1) is 5.82 Å². The predicted molar refractivity (Wildman–Crippen MR) is 149 cm³/mol. The quantitative estimate of drug-likeness (QED) is 0.267. The Labute approximate surface area is 243 Å². The number of carbonyl (C=O) groups is 3. The van der Waals surface area contributed by atoms with Crippen molar-refractivity contribution < 1.29 is 41.8 Å². The van der Waals surface area contributed by atoms with Crippen molar-refractivity contribution in [2.45, 2.75) is 19.5 Å². The summed E-state index contributed by atoms with van der Waals surface area (Å²) in [5.41, 5.74) is -1.82. The molecular weight excluding hydrogens is 576 g/mol. The van der Waals surface area contributed by atoms with Crippen LogP contribution in [0.3, 0.4) is 0 Å². The van der Waals surface area contributed by atoms with Crippen LogP contribution in [0.4, 0.5) is 23.2 Å². The van der Waals surface area contributed by atoms with Gasteiger partial charge >= 0.3 is 12.1 Å². The van der Waals surface area contributed by atoms with Crippen molar-refractivity contribution in [2.24, 2.45) is 0 Å². The van der Waals surface area contributed by atoms with Gasteiger partial charge in [0, 0.05) is 42.2 Å². The first-order valence-corrected chi connectivity index (χ1v) is 13.0. The molecule has 0 aliphatic rings. The van der Waals surface area contributed by atoms with E-state index in [9.17, 15) is 37.5 Å². The molecule has 230 valence electrons. The Balaban J connectivity index is 1.86. The van der Waals surface area contributed by atoms with Crippen LogP contribution < -0.4 is 15.6 Å². The van der Waals surface area contributed by atoms with E-state index in [0.29, 0.717) is 23.3 Å². The van der Waals surface area contributed by atoms with Gasteiger partial charge in [-0.2, -0.15) is 13.2 Å². The zero-order chi connectivity index (χ0) is 31.9. The number of alkyl halides is 3. The second-order valence-electron chi connectivity index (χ2n) is 9.76. The summed E-state index contributed by atoms with van der Waals surface area (Å²) in [6.07, 6.45) is -4.08. The minimum atomic E-state index is -4.89. The highest BCUT2D eigenvalue weighted by Gasteiger charge is 2.33. The Kier molecular flexibility index (Phi) is 10.6. The Morgan fingerprint density at radius 2 is 1.77 bits per heavy atom. The predicted octanol–water partition coefficient (Wildman–Crippen LogP) is 3.87. The fourth-order valence-electron chi connectivity index (χ4n) is 4.10. The average Bonchev–Trinajstić information content (AvgIpc) is 2.91. The number of carboxylic acids is 1. The van der Waals surface area contributed by atoms with E-state index in [1.807, 2.05) is 0 Å². The van der Waals surface area contributed by atoms with Crippen LogP contribution in [0.2, 0.25) is 0 Å². The minimum Gasteiger partial charge on any atom is -0.493 e. The number of aliphatic carboxylic acids is 1. The number of hydrogen-bond acceptors (Lipinski definition) is 6. The summed E-state index contributed by atoms with van der Waals surface area (Å²) in [4.78, 5) is 53.8.